The number of esters is 2. The van der Waals surface area contributed by atoms with Crippen LogP contribution in [0.25, 0.3) is 0 Å². The fourth-order valence-corrected chi connectivity index (χ4v) is 9.86. The number of allylic oxidation sites excluding steroid dienone is 10. The fourth-order valence-electron chi connectivity index (χ4n) is 9.12. The number of hydrogen-bond acceptors (Lipinski definition) is 7. The second-order valence-electron chi connectivity index (χ2n) is 22.8. The Kier molecular flexibility index (Phi) is 55.7. The molecule has 0 spiro atoms. The highest BCUT2D eigenvalue weighted by Crippen LogP contribution is 2.43. The lowest BCUT2D eigenvalue weighted by Gasteiger charge is -2.24. The smallest absolute Gasteiger partial charge is 0.462 e. The average Bonchev–Trinajstić information content (AvgIpc) is 3.38. The second-order valence-corrected chi connectivity index (χ2v) is 24.2. The van der Waals surface area contributed by atoms with Crippen molar-refractivity contribution in [2.24, 2.45) is 0 Å². The van der Waals surface area contributed by atoms with Gasteiger partial charge in [-0.25, -0.2) is 4.57 Å². The molecule has 10 heteroatoms. The van der Waals surface area contributed by atoms with E-state index in [1.54, 1.807) is 0 Å². The molecule has 9 nitrogen and oxygen atoms in total. The molecule has 0 aromatic carbocycles. The zero-order valence-corrected chi connectivity index (χ0v) is 51.4. The molecule has 0 aromatic rings. The van der Waals surface area contributed by atoms with Gasteiger partial charge in [-0.2, -0.15) is 0 Å². The van der Waals surface area contributed by atoms with Crippen molar-refractivity contribution in [2.75, 3.05) is 47.5 Å². The first-order chi connectivity index (χ1) is 37.0. The van der Waals surface area contributed by atoms with Gasteiger partial charge in [0, 0.05) is 12.8 Å². The predicted octanol–water partition coefficient (Wildman–Crippen LogP) is 20.3. The number of carbonyl (C=O) groups is 2. The van der Waals surface area contributed by atoms with Gasteiger partial charge < -0.3 is 18.9 Å². The van der Waals surface area contributed by atoms with Gasteiger partial charge in [0.05, 0.1) is 27.7 Å². The van der Waals surface area contributed by atoms with Crippen LogP contribution in [0.15, 0.2) is 60.8 Å². The van der Waals surface area contributed by atoms with Crippen LogP contribution in [0.1, 0.15) is 296 Å². The standard InChI is InChI=1S/C66H122NO8P/c1-6-8-10-12-14-16-18-20-22-24-26-28-30-32-33-35-36-38-40-42-44-46-48-50-52-54-56-58-65(68)72-62-64(63-74-76(70,71)73-61-60-67(3,4)5)75-66(69)59-57-55-53-51-49-47-45-43-41-39-37-34-31-29-27-25-23-21-19-17-15-13-11-9-7-2/h9,11,15,17,21,23-24,26-27,29,64H,6-8,10,12-14,16,18-20,22,25,28,30-63H2,1-5H3/p+1/b11-9-,17-15-,23-21-,26-24-,29-27-. The largest absolute Gasteiger partial charge is 0.472 e. The van der Waals surface area contributed by atoms with Crippen LogP contribution in [-0.2, 0) is 32.7 Å². The van der Waals surface area contributed by atoms with Gasteiger partial charge in [-0.3, -0.25) is 18.6 Å². The zero-order valence-electron chi connectivity index (χ0n) is 50.5. The molecule has 0 amide bonds. The third kappa shape index (κ3) is 60.9. The summed E-state index contributed by atoms with van der Waals surface area (Å²) in [7, 11) is 1.48. The molecule has 0 aliphatic carbocycles. The van der Waals surface area contributed by atoms with E-state index in [0.717, 1.165) is 64.2 Å². The normalized spacial score (nSPS) is 13.6. The Bertz CT molecular complexity index is 1470. The maximum atomic E-state index is 12.8. The molecule has 0 aliphatic heterocycles. The first-order valence-corrected chi connectivity index (χ1v) is 33.5. The predicted molar refractivity (Wildman–Crippen MR) is 326 cm³/mol. The molecule has 0 saturated carbocycles. The highest BCUT2D eigenvalue weighted by Gasteiger charge is 2.27. The second kappa shape index (κ2) is 57.4. The zero-order chi connectivity index (χ0) is 55.6. The Balaban J connectivity index is 4.08. The van der Waals surface area contributed by atoms with Crippen molar-refractivity contribution in [3.8, 4) is 0 Å². The van der Waals surface area contributed by atoms with E-state index >= 15 is 0 Å². The summed E-state index contributed by atoms with van der Waals surface area (Å²) in [6.07, 6.45) is 74.5. The minimum atomic E-state index is -4.39. The third-order valence-electron chi connectivity index (χ3n) is 14.0. The van der Waals surface area contributed by atoms with E-state index in [4.69, 9.17) is 18.5 Å². The minimum absolute atomic E-state index is 0.0310. The van der Waals surface area contributed by atoms with Gasteiger partial charge in [-0.1, -0.05) is 267 Å². The summed E-state index contributed by atoms with van der Waals surface area (Å²) < 4.78 is 34.7. The molecule has 0 aromatic heterocycles. The van der Waals surface area contributed by atoms with Gasteiger partial charge in [0.2, 0.25) is 0 Å². The Hall–Kier alpha value is -2.29. The van der Waals surface area contributed by atoms with Crippen molar-refractivity contribution in [2.45, 2.75) is 302 Å². The summed E-state index contributed by atoms with van der Waals surface area (Å²) >= 11 is 0. The van der Waals surface area contributed by atoms with E-state index in [9.17, 15) is 19.0 Å². The van der Waals surface area contributed by atoms with E-state index in [1.165, 1.54) is 199 Å². The van der Waals surface area contributed by atoms with Crippen molar-refractivity contribution in [3.05, 3.63) is 60.8 Å². The molecule has 0 fully saturated rings. The fraction of sp³-hybridized carbons (Fsp3) is 0.818. The van der Waals surface area contributed by atoms with Crippen LogP contribution in [0.3, 0.4) is 0 Å². The molecule has 76 heavy (non-hydrogen) atoms. The number of rotatable bonds is 59. The van der Waals surface area contributed by atoms with Gasteiger partial charge in [0.1, 0.15) is 19.8 Å². The number of quaternary nitrogens is 1. The van der Waals surface area contributed by atoms with Gasteiger partial charge in [0.25, 0.3) is 0 Å². The van der Waals surface area contributed by atoms with E-state index in [1.807, 2.05) is 21.1 Å². The maximum Gasteiger partial charge on any atom is 0.472 e. The molecular formula is C66H123NO8P+. The van der Waals surface area contributed by atoms with Crippen LogP contribution in [-0.4, -0.2) is 74.9 Å². The van der Waals surface area contributed by atoms with Gasteiger partial charge in [0.15, 0.2) is 6.10 Å². The van der Waals surface area contributed by atoms with Crippen LogP contribution >= 0.6 is 7.82 Å². The summed E-state index contributed by atoms with van der Waals surface area (Å²) in [6, 6.07) is 0. The van der Waals surface area contributed by atoms with Crippen molar-refractivity contribution in [3.63, 3.8) is 0 Å². The molecule has 0 saturated heterocycles. The topological polar surface area (TPSA) is 108 Å². The molecule has 0 bridgehead atoms. The van der Waals surface area contributed by atoms with E-state index in [-0.39, 0.29) is 25.6 Å². The minimum Gasteiger partial charge on any atom is -0.462 e. The highest BCUT2D eigenvalue weighted by atomic mass is 31.2. The van der Waals surface area contributed by atoms with E-state index in [2.05, 4.69) is 74.6 Å². The molecule has 0 heterocycles. The van der Waals surface area contributed by atoms with E-state index in [0.29, 0.717) is 23.9 Å². The number of nitrogens with zero attached hydrogens (tertiary/aromatic N) is 1. The molecule has 0 rings (SSSR count). The molecule has 0 radical (unpaired) electrons. The number of phosphoric ester groups is 1. The van der Waals surface area contributed by atoms with E-state index < -0.39 is 26.5 Å². The quantitative estimate of drug-likeness (QED) is 0.0211. The number of hydrogen-bond donors (Lipinski definition) is 1. The monoisotopic (exact) mass is 1090 g/mol. The molecule has 0 aliphatic rings. The lowest BCUT2D eigenvalue weighted by Crippen LogP contribution is -2.37. The summed E-state index contributed by atoms with van der Waals surface area (Å²) in [5, 5.41) is 0. The summed E-state index contributed by atoms with van der Waals surface area (Å²) in [5.74, 6) is -0.789. The van der Waals surface area contributed by atoms with Crippen molar-refractivity contribution >= 4 is 19.8 Å². The Morgan fingerprint density at radius 1 is 0.421 bits per heavy atom. The molecule has 1 N–H and O–H groups in total. The number of phosphoric acid groups is 1. The lowest BCUT2D eigenvalue weighted by atomic mass is 10.0. The van der Waals surface area contributed by atoms with Gasteiger partial charge in [-0.15, -0.1) is 0 Å². The van der Waals surface area contributed by atoms with Crippen LogP contribution < -0.4 is 0 Å². The molecule has 2 atom stereocenters. The van der Waals surface area contributed by atoms with Crippen molar-refractivity contribution < 1.29 is 42.1 Å². The van der Waals surface area contributed by atoms with Crippen LogP contribution in [0, 0.1) is 0 Å². The SMILES string of the molecule is CC/C=C\C/C=C\C/C=C\C/C=C\CCCCCCCCCCCCCCC(=O)OC(COC(=O)CCCCCCCCCCCCCCCCC/C=C\CCCCCCCCCC)COP(=O)(O)OCC[N+](C)(C)C. The first-order valence-electron chi connectivity index (χ1n) is 32.0. The third-order valence-corrected chi connectivity index (χ3v) is 15.0. The van der Waals surface area contributed by atoms with Gasteiger partial charge >= 0.3 is 19.8 Å². The van der Waals surface area contributed by atoms with Crippen molar-refractivity contribution in [1.29, 1.82) is 0 Å². The number of unbranched alkanes of at least 4 members (excludes halogenated alkanes) is 35. The van der Waals surface area contributed by atoms with Crippen LogP contribution in [0.4, 0.5) is 0 Å². The molecular weight excluding hydrogens is 966 g/mol. The van der Waals surface area contributed by atoms with Crippen LogP contribution in [0.5, 0.6) is 0 Å². The first kappa shape index (κ1) is 73.7. The number of carbonyl (C=O) groups excluding carboxylic acids is 2. The molecule has 2 unspecified atom stereocenters. The van der Waals surface area contributed by atoms with Crippen molar-refractivity contribution in [1.82, 2.24) is 0 Å². The Morgan fingerprint density at radius 3 is 1.13 bits per heavy atom. The summed E-state index contributed by atoms with van der Waals surface area (Å²) in [4.78, 5) is 35.8. The molecule has 444 valence electrons. The van der Waals surface area contributed by atoms with Crippen LogP contribution in [0.2, 0.25) is 0 Å². The highest BCUT2D eigenvalue weighted by molar-refractivity contribution is 7.47. The summed E-state index contributed by atoms with van der Waals surface area (Å²) in [5.41, 5.74) is 0. The Labute approximate surface area is 470 Å². The van der Waals surface area contributed by atoms with Gasteiger partial charge in [-0.05, 0) is 77.0 Å². The Morgan fingerprint density at radius 2 is 0.750 bits per heavy atom. The number of likely N-dealkylation sites (N-methyl/N-ethyl adjacent to an activating group) is 1. The summed E-state index contributed by atoms with van der Waals surface area (Å²) in [6.45, 7) is 4.36. The maximum absolute atomic E-state index is 12.8. The number of ether oxygens (including phenoxy) is 2. The lowest BCUT2D eigenvalue weighted by molar-refractivity contribution is -0.870. The average molecular weight is 1090 g/mol.